The van der Waals surface area contributed by atoms with Gasteiger partial charge in [-0.05, 0) is 56.2 Å². The number of pyridine rings is 1. The van der Waals surface area contributed by atoms with Crippen molar-refractivity contribution in [3.05, 3.63) is 59.4 Å². The highest BCUT2D eigenvalue weighted by atomic mass is 35.5. The van der Waals surface area contributed by atoms with Crippen LogP contribution in [0.2, 0.25) is 5.02 Å². The van der Waals surface area contributed by atoms with Gasteiger partial charge in [-0.2, -0.15) is 0 Å². The van der Waals surface area contributed by atoms with Crippen molar-refractivity contribution in [2.24, 2.45) is 0 Å². The van der Waals surface area contributed by atoms with Crippen molar-refractivity contribution in [1.29, 1.82) is 0 Å². The van der Waals surface area contributed by atoms with E-state index in [1.807, 2.05) is 18.2 Å². The fourth-order valence-corrected chi connectivity index (χ4v) is 2.00. The minimum Gasteiger partial charge on any atom is -0.546 e. The molecule has 0 aliphatic heterocycles. The molecule has 6 heteroatoms. The molecule has 118 valence electrons. The number of benzene rings is 1. The van der Waals surface area contributed by atoms with E-state index in [0.29, 0.717) is 17.2 Å². The maximum Gasteiger partial charge on any atom is 0.146 e. The van der Waals surface area contributed by atoms with Crippen molar-refractivity contribution in [2.45, 2.75) is 25.4 Å². The van der Waals surface area contributed by atoms with Gasteiger partial charge in [0.15, 0.2) is 0 Å². The number of carbonyl (C=O) groups excluding carboxylic acids is 1. The van der Waals surface area contributed by atoms with E-state index >= 15 is 0 Å². The highest BCUT2D eigenvalue weighted by Crippen LogP contribution is 2.24. The fraction of sp³-hybridized carbons (Fsp3) is 0.250. The van der Waals surface area contributed by atoms with Gasteiger partial charge in [0.1, 0.15) is 11.4 Å². The van der Waals surface area contributed by atoms with Crippen LogP contribution in [-0.4, -0.2) is 16.6 Å². The number of rotatable bonds is 6. The summed E-state index contributed by atoms with van der Waals surface area (Å²) in [4.78, 5) is 15.6. The van der Waals surface area contributed by atoms with Gasteiger partial charge in [0.2, 0.25) is 0 Å². The fourth-order valence-electron chi connectivity index (χ4n) is 1.87. The van der Waals surface area contributed by atoms with Gasteiger partial charge in [0, 0.05) is 16.9 Å². The molecule has 0 bridgehead atoms. The predicted octanol–water partition coefficient (Wildman–Crippen LogP) is 2.68. The summed E-state index contributed by atoms with van der Waals surface area (Å²) >= 11 is 5.79. The van der Waals surface area contributed by atoms with Gasteiger partial charge in [-0.1, -0.05) is 17.7 Å². The zero-order valence-corrected chi connectivity index (χ0v) is 13.6. The van der Waals surface area contributed by atoms with Crippen LogP contribution in [0.25, 0.3) is 0 Å². The molecule has 0 aliphatic rings. The molecule has 0 saturated heterocycles. The zero-order valence-electron chi connectivity index (χ0n) is 12.0. The highest BCUT2D eigenvalue weighted by molar-refractivity contribution is 6.30. The Hall–Kier alpha value is -1.78. The SMILES string of the molecule is CC(CCc1ccccn1)(Oc1ccc(Cl)cc1)C(=O)[O-].Cl. The number of carbonyl (C=O) groups is 1. The van der Waals surface area contributed by atoms with Crippen LogP contribution in [0.15, 0.2) is 48.7 Å². The minimum absolute atomic E-state index is 0. The van der Waals surface area contributed by atoms with E-state index in [0.717, 1.165) is 5.69 Å². The molecule has 2 aromatic rings. The number of hydrogen-bond acceptors (Lipinski definition) is 4. The Morgan fingerprint density at radius 1 is 1.27 bits per heavy atom. The lowest BCUT2D eigenvalue weighted by Gasteiger charge is -2.31. The van der Waals surface area contributed by atoms with Crippen LogP contribution < -0.4 is 9.84 Å². The minimum atomic E-state index is -1.43. The van der Waals surface area contributed by atoms with Crippen LogP contribution in [-0.2, 0) is 11.2 Å². The summed E-state index contributed by atoms with van der Waals surface area (Å²) in [5, 5.41) is 12.0. The van der Waals surface area contributed by atoms with E-state index in [4.69, 9.17) is 16.3 Å². The lowest BCUT2D eigenvalue weighted by Crippen LogP contribution is -2.50. The first-order valence-electron chi connectivity index (χ1n) is 6.55. The molecule has 1 heterocycles. The second kappa shape index (κ2) is 8.01. The van der Waals surface area contributed by atoms with Gasteiger partial charge < -0.3 is 14.6 Å². The first-order valence-corrected chi connectivity index (χ1v) is 6.93. The first-order chi connectivity index (χ1) is 9.99. The standard InChI is InChI=1S/C16H16ClNO3.ClH/c1-16(15(19)20,10-9-13-4-2-3-11-18-13)21-14-7-5-12(17)6-8-14;/h2-8,11H,9-10H2,1H3,(H,19,20);1H/p-1. The maximum atomic E-state index is 11.4. The van der Waals surface area contributed by atoms with E-state index in [-0.39, 0.29) is 18.8 Å². The molecule has 1 unspecified atom stereocenters. The summed E-state index contributed by atoms with van der Waals surface area (Å²) in [5.74, 6) is -0.819. The first kappa shape index (κ1) is 18.3. The van der Waals surface area contributed by atoms with Crippen LogP contribution >= 0.6 is 24.0 Å². The quantitative estimate of drug-likeness (QED) is 0.810. The van der Waals surface area contributed by atoms with Gasteiger partial charge in [0.25, 0.3) is 0 Å². The van der Waals surface area contributed by atoms with E-state index < -0.39 is 11.6 Å². The molecule has 0 amide bonds. The molecule has 0 aliphatic carbocycles. The van der Waals surface area contributed by atoms with Gasteiger partial charge in [-0.3, -0.25) is 4.98 Å². The Morgan fingerprint density at radius 2 is 1.95 bits per heavy atom. The van der Waals surface area contributed by atoms with Crippen molar-refractivity contribution in [1.82, 2.24) is 4.98 Å². The van der Waals surface area contributed by atoms with Crippen molar-refractivity contribution in [2.75, 3.05) is 0 Å². The van der Waals surface area contributed by atoms with Gasteiger partial charge in [-0.25, -0.2) is 0 Å². The monoisotopic (exact) mass is 340 g/mol. The van der Waals surface area contributed by atoms with Crippen LogP contribution in [0.4, 0.5) is 0 Å². The molecule has 1 atom stereocenters. The molecule has 0 N–H and O–H groups in total. The third-order valence-electron chi connectivity index (χ3n) is 3.17. The zero-order chi connectivity index (χ0) is 15.3. The molecule has 0 fully saturated rings. The van der Waals surface area contributed by atoms with E-state index in [2.05, 4.69) is 4.98 Å². The van der Waals surface area contributed by atoms with Crippen molar-refractivity contribution in [3.63, 3.8) is 0 Å². The summed E-state index contributed by atoms with van der Waals surface area (Å²) in [7, 11) is 0. The lowest BCUT2D eigenvalue weighted by atomic mass is 9.98. The Kier molecular flexibility index (Phi) is 6.65. The summed E-state index contributed by atoms with van der Waals surface area (Å²) in [6.45, 7) is 1.50. The second-order valence-corrected chi connectivity index (χ2v) is 5.33. The lowest BCUT2D eigenvalue weighted by molar-refractivity contribution is -0.321. The molecule has 0 saturated carbocycles. The Balaban J connectivity index is 0.00000242. The number of aryl methyl sites for hydroxylation is 1. The number of aromatic nitrogens is 1. The van der Waals surface area contributed by atoms with E-state index in [1.54, 1.807) is 30.5 Å². The maximum absolute atomic E-state index is 11.4. The number of nitrogens with zero attached hydrogens (tertiary/aromatic N) is 1. The number of carboxylic acids is 1. The molecule has 1 aromatic carbocycles. The number of ether oxygens (including phenoxy) is 1. The number of carboxylic acid groups (broad SMARTS) is 1. The summed E-state index contributed by atoms with van der Waals surface area (Å²) in [5.41, 5.74) is -0.615. The molecule has 22 heavy (non-hydrogen) atoms. The van der Waals surface area contributed by atoms with Crippen molar-refractivity contribution < 1.29 is 14.6 Å². The van der Waals surface area contributed by atoms with E-state index in [9.17, 15) is 9.90 Å². The summed E-state index contributed by atoms with van der Waals surface area (Å²) < 4.78 is 5.59. The molecule has 4 nitrogen and oxygen atoms in total. The topological polar surface area (TPSA) is 62.2 Å². The molecule has 0 spiro atoms. The van der Waals surface area contributed by atoms with Crippen LogP contribution in [0.1, 0.15) is 19.0 Å². The Bertz CT molecular complexity index is 605. The molecular weight excluding hydrogens is 325 g/mol. The largest absolute Gasteiger partial charge is 0.546 e. The number of aliphatic carboxylic acids is 1. The number of hydrogen-bond donors (Lipinski definition) is 0. The summed E-state index contributed by atoms with van der Waals surface area (Å²) in [6.07, 6.45) is 2.42. The third-order valence-corrected chi connectivity index (χ3v) is 3.42. The van der Waals surface area contributed by atoms with Gasteiger partial charge in [-0.15, -0.1) is 12.4 Å². The molecular formula is C16H16Cl2NO3-. The van der Waals surface area contributed by atoms with Crippen LogP contribution in [0.3, 0.4) is 0 Å². The van der Waals surface area contributed by atoms with E-state index in [1.165, 1.54) is 6.92 Å². The van der Waals surface area contributed by atoms with Gasteiger partial charge in [0.05, 0.1) is 5.97 Å². The summed E-state index contributed by atoms with van der Waals surface area (Å²) in [6, 6.07) is 12.1. The molecule has 1 aromatic heterocycles. The van der Waals surface area contributed by atoms with Crippen molar-refractivity contribution >= 4 is 30.0 Å². The van der Waals surface area contributed by atoms with Crippen LogP contribution in [0.5, 0.6) is 5.75 Å². The second-order valence-electron chi connectivity index (χ2n) is 4.90. The smallest absolute Gasteiger partial charge is 0.146 e. The highest BCUT2D eigenvalue weighted by Gasteiger charge is 2.28. The number of halogens is 2. The Labute approximate surface area is 140 Å². The average Bonchev–Trinajstić information content (AvgIpc) is 2.48. The van der Waals surface area contributed by atoms with Gasteiger partial charge >= 0.3 is 0 Å². The normalized spacial score (nSPS) is 12.8. The van der Waals surface area contributed by atoms with Crippen molar-refractivity contribution in [3.8, 4) is 5.75 Å². The van der Waals surface area contributed by atoms with Crippen LogP contribution in [0, 0.1) is 0 Å². The predicted molar refractivity (Wildman–Crippen MR) is 85.3 cm³/mol. The third kappa shape index (κ3) is 4.90. The molecule has 0 radical (unpaired) electrons. The average molecular weight is 341 g/mol. The molecule has 2 rings (SSSR count). The Morgan fingerprint density at radius 3 is 2.50 bits per heavy atom.